The second kappa shape index (κ2) is 7.16. The molecule has 1 aromatic heterocycles. The highest BCUT2D eigenvalue weighted by molar-refractivity contribution is 7.14. The fourth-order valence-corrected chi connectivity index (χ4v) is 2.70. The topological polar surface area (TPSA) is 66.4 Å². The zero-order valence-corrected chi connectivity index (χ0v) is 11.6. The van der Waals surface area contributed by atoms with Crippen molar-refractivity contribution in [1.82, 2.24) is 5.32 Å². The Bertz CT molecular complexity index is 426. The molecule has 0 saturated heterocycles. The molecule has 18 heavy (non-hydrogen) atoms. The van der Waals surface area contributed by atoms with Gasteiger partial charge >= 0.3 is 5.97 Å². The summed E-state index contributed by atoms with van der Waals surface area (Å²) in [6, 6.07) is 1.94. The maximum Gasteiger partial charge on any atom is 0.303 e. The highest BCUT2D eigenvalue weighted by atomic mass is 32.1. The van der Waals surface area contributed by atoms with E-state index >= 15 is 0 Å². The lowest BCUT2D eigenvalue weighted by Crippen LogP contribution is -2.23. The second-order valence-corrected chi connectivity index (χ2v) is 5.41. The maximum atomic E-state index is 11.8. The molecule has 1 aromatic rings. The summed E-state index contributed by atoms with van der Waals surface area (Å²) < 4.78 is 0. The van der Waals surface area contributed by atoms with Gasteiger partial charge < -0.3 is 10.4 Å². The number of thiophene rings is 1. The van der Waals surface area contributed by atoms with Crippen LogP contribution in [0.4, 0.5) is 0 Å². The van der Waals surface area contributed by atoms with Crippen LogP contribution in [0.1, 0.15) is 46.3 Å². The first kappa shape index (κ1) is 14.7. The van der Waals surface area contributed by atoms with Crippen LogP contribution in [0.25, 0.3) is 0 Å². The van der Waals surface area contributed by atoms with Crippen molar-refractivity contribution in [2.24, 2.45) is 0 Å². The van der Waals surface area contributed by atoms with Gasteiger partial charge in [-0.05, 0) is 37.8 Å². The van der Waals surface area contributed by atoms with Gasteiger partial charge in [-0.3, -0.25) is 9.59 Å². The molecule has 100 valence electrons. The Hall–Kier alpha value is -1.36. The Morgan fingerprint density at radius 2 is 2.11 bits per heavy atom. The molecule has 0 spiro atoms. The monoisotopic (exact) mass is 269 g/mol. The fourth-order valence-electron chi connectivity index (χ4n) is 1.67. The largest absolute Gasteiger partial charge is 0.481 e. The van der Waals surface area contributed by atoms with Crippen molar-refractivity contribution in [2.45, 2.75) is 39.5 Å². The SMILES string of the molecule is CCc1cc(C(=O)NCCCCC(=O)O)sc1C. The summed E-state index contributed by atoms with van der Waals surface area (Å²) in [6.45, 7) is 4.63. The van der Waals surface area contributed by atoms with Gasteiger partial charge in [0.05, 0.1) is 4.88 Å². The zero-order chi connectivity index (χ0) is 13.5. The molecule has 1 rings (SSSR count). The molecule has 0 aliphatic rings. The molecule has 1 amide bonds. The molecular formula is C13H19NO3S. The smallest absolute Gasteiger partial charge is 0.303 e. The van der Waals surface area contributed by atoms with E-state index in [4.69, 9.17) is 5.11 Å². The van der Waals surface area contributed by atoms with Gasteiger partial charge in [0.25, 0.3) is 5.91 Å². The Kier molecular flexibility index (Phi) is 5.85. The van der Waals surface area contributed by atoms with E-state index in [-0.39, 0.29) is 12.3 Å². The molecule has 1 heterocycles. The molecule has 0 bridgehead atoms. The average Bonchev–Trinajstić information content (AvgIpc) is 2.69. The van der Waals surface area contributed by atoms with E-state index in [0.29, 0.717) is 19.4 Å². The number of carboxylic acids is 1. The van der Waals surface area contributed by atoms with E-state index < -0.39 is 5.97 Å². The summed E-state index contributed by atoms with van der Waals surface area (Å²) >= 11 is 1.51. The minimum absolute atomic E-state index is 0.0573. The molecular weight excluding hydrogens is 250 g/mol. The minimum Gasteiger partial charge on any atom is -0.481 e. The first-order valence-corrected chi connectivity index (χ1v) is 6.95. The van der Waals surface area contributed by atoms with Crippen LogP contribution in [-0.4, -0.2) is 23.5 Å². The van der Waals surface area contributed by atoms with Gasteiger partial charge in [0.2, 0.25) is 0 Å². The molecule has 0 unspecified atom stereocenters. The van der Waals surface area contributed by atoms with Crippen LogP contribution in [0.5, 0.6) is 0 Å². The van der Waals surface area contributed by atoms with E-state index in [1.165, 1.54) is 21.8 Å². The third kappa shape index (κ3) is 4.49. The summed E-state index contributed by atoms with van der Waals surface area (Å²) in [4.78, 5) is 24.0. The predicted molar refractivity (Wildman–Crippen MR) is 72.3 cm³/mol. The number of aliphatic carboxylic acids is 1. The molecule has 0 aliphatic heterocycles. The molecule has 5 heteroatoms. The first-order chi connectivity index (χ1) is 8.54. The number of aryl methyl sites for hydroxylation is 2. The summed E-state index contributed by atoms with van der Waals surface area (Å²) in [6.07, 6.45) is 2.39. The summed E-state index contributed by atoms with van der Waals surface area (Å²) in [5, 5.41) is 11.3. The van der Waals surface area contributed by atoms with Crippen LogP contribution in [0.2, 0.25) is 0 Å². The number of rotatable bonds is 7. The van der Waals surface area contributed by atoms with Crippen molar-refractivity contribution in [1.29, 1.82) is 0 Å². The van der Waals surface area contributed by atoms with Crippen LogP contribution in [0.15, 0.2) is 6.07 Å². The molecule has 4 nitrogen and oxygen atoms in total. The molecule has 0 radical (unpaired) electrons. The maximum absolute atomic E-state index is 11.8. The highest BCUT2D eigenvalue weighted by Gasteiger charge is 2.10. The number of nitrogens with one attached hydrogen (secondary N) is 1. The number of carboxylic acid groups (broad SMARTS) is 1. The van der Waals surface area contributed by atoms with Crippen LogP contribution >= 0.6 is 11.3 Å². The van der Waals surface area contributed by atoms with Crippen LogP contribution < -0.4 is 5.32 Å². The Labute approximate surface area is 111 Å². The standard InChI is InChI=1S/C13H19NO3S/c1-3-10-8-11(18-9(10)2)13(17)14-7-5-4-6-12(15)16/h8H,3-7H2,1-2H3,(H,14,17)(H,15,16). The third-order valence-corrected chi connectivity index (χ3v) is 3.82. The van der Waals surface area contributed by atoms with Crippen LogP contribution in [0.3, 0.4) is 0 Å². The third-order valence-electron chi connectivity index (χ3n) is 2.73. The molecule has 2 N–H and O–H groups in total. The van der Waals surface area contributed by atoms with Gasteiger partial charge in [0.1, 0.15) is 0 Å². The summed E-state index contributed by atoms with van der Waals surface area (Å²) in [5.74, 6) is -0.846. The van der Waals surface area contributed by atoms with Gasteiger partial charge in [-0.15, -0.1) is 11.3 Å². The number of unbranched alkanes of at least 4 members (excludes halogenated alkanes) is 1. The first-order valence-electron chi connectivity index (χ1n) is 6.14. The molecule has 0 aromatic carbocycles. The fraction of sp³-hybridized carbons (Fsp3) is 0.538. The van der Waals surface area contributed by atoms with E-state index in [1.54, 1.807) is 0 Å². The van der Waals surface area contributed by atoms with E-state index in [9.17, 15) is 9.59 Å². The average molecular weight is 269 g/mol. The van der Waals surface area contributed by atoms with Crippen molar-refractivity contribution >= 4 is 23.2 Å². The number of hydrogen-bond acceptors (Lipinski definition) is 3. The second-order valence-electron chi connectivity index (χ2n) is 4.15. The lowest BCUT2D eigenvalue weighted by atomic mass is 10.2. The van der Waals surface area contributed by atoms with Crippen molar-refractivity contribution < 1.29 is 14.7 Å². The van der Waals surface area contributed by atoms with E-state index in [2.05, 4.69) is 12.2 Å². The number of carbonyl (C=O) groups excluding carboxylic acids is 1. The van der Waals surface area contributed by atoms with Gasteiger partial charge in [-0.1, -0.05) is 6.92 Å². The van der Waals surface area contributed by atoms with Crippen molar-refractivity contribution in [2.75, 3.05) is 6.54 Å². The Morgan fingerprint density at radius 3 is 2.67 bits per heavy atom. The number of carbonyl (C=O) groups is 2. The minimum atomic E-state index is -0.789. The molecule has 0 atom stereocenters. The van der Waals surface area contributed by atoms with E-state index in [0.717, 1.165) is 11.3 Å². The highest BCUT2D eigenvalue weighted by Crippen LogP contribution is 2.21. The van der Waals surface area contributed by atoms with E-state index in [1.807, 2.05) is 13.0 Å². The quantitative estimate of drug-likeness (QED) is 0.748. The Balaban J connectivity index is 2.34. The normalized spacial score (nSPS) is 10.3. The van der Waals surface area contributed by atoms with Crippen LogP contribution in [-0.2, 0) is 11.2 Å². The Morgan fingerprint density at radius 1 is 1.39 bits per heavy atom. The molecule has 0 fully saturated rings. The van der Waals surface area contributed by atoms with Gasteiger partial charge in [-0.2, -0.15) is 0 Å². The van der Waals surface area contributed by atoms with Crippen molar-refractivity contribution in [3.63, 3.8) is 0 Å². The van der Waals surface area contributed by atoms with Gasteiger partial charge in [-0.25, -0.2) is 0 Å². The van der Waals surface area contributed by atoms with Gasteiger partial charge in [0, 0.05) is 17.8 Å². The van der Waals surface area contributed by atoms with Gasteiger partial charge in [0.15, 0.2) is 0 Å². The number of hydrogen-bond donors (Lipinski definition) is 2. The lowest BCUT2D eigenvalue weighted by Gasteiger charge is -2.02. The summed E-state index contributed by atoms with van der Waals surface area (Å²) in [5.41, 5.74) is 1.22. The molecule has 0 aliphatic carbocycles. The lowest BCUT2D eigenvalue weighted by molar-refractivity contribution is -0.137. The van der Waals surface area contributed by atoms with Crippen LogP contribution in [0, 0.1) is 6.92 Å². The zero-order valence-electron chi connectivity index (χ0n) is 10.8. The summed E-state index contributed by atoms with van der Waals surface area (Å²) in [7, 11) is 0. The predicted octanol–water partition coefficient (Wildman–Crippen LogP) is 2.60. The molecule has 0 saturated carbocycles. The van der Waals surface area contributed by atoms with Crippen molar-refractivity contribution in [3.05, 3.63) is 21.4 Å². The van der Waals surface area contributed by atoms with Crippen molar-refractivity contribution in [3.8, 4) is 0 Å². The number of amides is 1.